The summed E-state index contributed by atoms with van der Waals surface area (Å²) in [7, 11) is 3.79. The molecule has 2 amide bonds. The average Bonchev–Trinajstić information content (AvgIpc) is 2.65. The molecule has 0 aromatic heterocycles. The second-order valence-corrected chi connectivity index (χ2v) is 5.85. The first-order valence-electron chi connectivity index (χ1n) is 7.85. The molecule has 0 saturated carbocycles. The summed E-state index contributed by atoms with van der Waals surface area (Å²) in [6, 6.07) is 14.6. The Kier molecular flexibility index (Phi) is 4.70. The molecule has 0 unspecified atom stereocenters. The van der Waals surface area contributed by atoms with Crippen LogP contribution in [-0.4, -0.2) is 32.5 Å². The minimum absolute atomic E-state index is 0.162. The van der Waals surface area contributed by atoms with Gasteiger partial charge in [-0.3, -0.25) is 20.4 Å². The molecule has 128 valence electrons. The van der Waals surface area contributed by atoms with Crippen LogP contribution >= 0.6 is 0 Å². The smallest absolute Gasteiger partial charge is 0.269 e. The van der Waals surface area contributed by atoms with Crippen LogP contribution in [0.25, 0.3) is 6.08 Å². The Bertz CT molecular complexity index is 843. The predicted octanol–water partition coefficient (Wildman–Crippen LogP) is 1.99. The lowest BCUT2D eigenvalue weighted by molar-refractivity contribution is -0.118. The highest BCUT2D eigenvalue weighted by Gasteiger charge is 2.17. The summed E-state index contributed by atoms with van der Waals surface area (Å²) < 4.78 is 5.54. The van der Waals surface area contributed by atoms with Crippen molar-refractivity contribution in [3.63, 3.8) is 0 Å². The van der Waals surface area contributed by atoms with Crippen LogP contribution < -0.4 is 20.5 Å². The van der Waals surface area contributed by atoms with E-state index < -0.39 is 5.91 Å². The normalized spacial score (nSPS) is 12.3. The van der Waals surface area contributed by atoms with Gasteiger partial charge in [-0.05, 0) is 30.3 Å². The van der Waals surface area contributed by atoms with Crippen molar-refractivity contribution in [1.82, 2.24) is 10.9 Å². The third kappa shape index (κ3) is 3.80. The van der Waals surface area contributed by atoms with Crippen LogP contribution in [0.3, 0.4) is 0 Å². The van der Waals surface area contributed by atoms with E-state index in [0.717, 1.165) is 17.0 Å². The van der Waals surface area contributed by atoms with Crippen molar-refractivity contribution >= 4 is 23.6 Å². The third-order valence-electron chi connectivity index (χ3n) is 3.84. The zero-order valence-corrected chi connectivity index (χ0v) is 14.1. The van der Waals surface area contributed by atoms with Crippen molar-refractivity contribution in [1.29, 1.82) is 0 Å². The van der Waals surface area contributed by atoms with Crippen LogP contribution in [0.15, 0.2) is 54.1 Å². The number of ether oxygens (including phenoxy) is 1. The van der Waals surface area contributed by atoms with E-state index in [2.05, 4.69) is 10.9 Å². The van der Waals surface area contributed by atoms with E-state index in [1.807, 2.05) is 49.3 Å². The van der Waals surface area contributed by atoms with Gasteiger partial charge in [0.05, 0.1) is 5.57 Å². The topological polar surface area (TPSA) is 70.7 Å². The Labute approximate surface area is 146 Å². The van der Waals surface area contributed by atoms with Crippen molar-refractivity contribution in [2.45, 2.75) is 0 Å². The van der Waals surface area contributed by atoms with E-state index in [0.29, 0.717) is 11.1 Å². The van der Waals surface area contributed by atoms with Crippen molar-refractivity contribution in [2.75, 3.05) is 25.6 Å². The number of anilines is 1. The van der Waals surface area contributed by atoms with Gasteiger partial charge in [0, 0.05) is 30.9 Å². The second-order valence-electron chi connectivity index (χ2n) is 5.85. The summed E-state index contributed by atoms with van der Waals surface area (Å²) in [5, 5.41) is 0. The van der Waals surface area contributed by atoms with Crippen LogP contribution in [0.4, 0.5) is 5.69 Å². The number of nitrogens with zero attached hydrogens (tertiary/aromatic N) is 1. The lowest BCUT2D eigenvalue weighted by Gasteiger charge is -2.18. The molecule has 3 rings (SSSR count). The molecule has 0 saturated heterocycles. The van der Waals surface area contributed by atoms with Crippen LogP contribution in [0.5, 0.6) is 5.75 Å². The molecule has 1 heterocycles. The molecule has 2 aromatic carbocycles. The molecule has 1 aliphatic heterocycles. The summed E-state index contributed by atoms with van der Waals surface area (Å²) >= 11 is 0. The molecule has 6 nitrogen and oxygen atoms in total. The number of nitrogens with one attached hydrogen (secondary N) is 2. The van der Waals surface area contributed by atoms with Gasteiger partial charge in [0.1, 0.15) is 12.4 Å². The van der Waals surface area contributed by atoms with Gasteiger partial charge in [-0.2, -0.15) is 0 Å². The van der Waals surface area contributed by atoms with Gasteiger partial charge < -0.3 is 9.64 Å². The average molecular weight is 337 g/mol. The number of hydrazine groups is 1. The number of carbonyl (C=O) groups excluding carboxylic acids is 2. The molecule has 1 aliphatic rings. The van der Waals surface area contributed by atoms with Gasteiger partial charge >= 0.3 is 0 Å². The van der Waals surface area contributed by atoms with Crippen molar-refractivity contribution in [3.05, 3.63) is 65.2 Å². The zero-order valence-electron chi connectivity index (χ0n) is 14.1. The number of amides is 2. The monoisotopic (exact) mass is 337 g/mol. The number of para-hydroxylation sites is 1. The maximum atomic E-state index is 12.2. The summed E-state index contributed by atoms with van der Waals surface area (Å²) in [4.78, 5) is 26.3. The van der Waals surface area contributed by atoms with Gasteiger partial charge in [-0.25, -0.2) is 0 Å². The number of rotatable bonds is 3. The van der Waals surface area contributed by atoms with E-state index in [9.17, 15) is 9.59 Å². The highest BCUT2D eigenvalue weighted by Crippen LogP contribution is 2.25. The molecule has 0 spiro atoms. The minimum atomic E-state index is -0.397. The maximum Gasteiger partial charge on any atom is 0.269 e. The van der Waals surface area contributed by atoms with Crippen LogP contribution in [-0.2, 0) is 4.79 Å². The van der Waals surface area contributed by atoms with Gasteiger partial charge in [0.25, 0.3) is 11.8 Å². The molecule has 0 radical (unpaired) electrons. The molecular formula is C19H19N3O3. The van der Waals surface area contributed by atoms with Gasteiger partial charge in [-0.1, -0.05) is 24.3 Å². The highest BCUT2D eigenvalue weighted by atomic mass is 16.5. The predicted molar refractivity (Wildman–Crippen MR) is 96.3 cm³/mol. The van der Waals surface area contributed by atoms with E-state index in [1.54, 1.807) is 24.3 Å². The summed E-state index contributed by atoms with van der Waals surface area (Å²) in [6.07, 6.45) is 1.76. The molecule has 0 bridgehead atoms. The van der Waals surface area contributed by atoms with Gasteiger partial charge in [-0.15, -0.1) is 0 Å². The lowest BCUT2D eigenvalue weighted by Crippen LogP contribution is -2.43. The molecule has 2 N–H and O–H groups in total. The first kappa shape index (κ1) is 16.6. The van der Waals surface area contributed by atoms with Crippen LogP contribution in [0, 0.1) is 0 Å². The van der Waals surface area contributed by atoms with Crippen LogP contribution in [0.2, 0.25) is 0 Å². The quantitative estimate of drug-likeness (QED) is 0.841. The lowest BCUT2D eigenvalue weighted by atomic mass is 10.1. The van der Waals surface area contributed by atoms with Crippen molar-refractivity contribution < 1.29 is 14.3 Å². The zero-order chi connectivity index (χ0) is 17.8. The largest absolute Gasteiger partial charge is 0.488 e. The fraction of sp³-hybridized carbons (Fsp3) is 0.158. The SMILES string of the molecule is CN(C)c1cccc(C(=O)NNC(=O)C2=Cc3ccccc3OC2)c1. The molecule has 0 fully saturated rings. The first-order chi connectivity index (χ1) is 12.0. The molecule has 0 atom stereocenters. The highest BCUT2D eigenvalue weighted by molar-refractivity contribution is 6.02. The summed E-state index contributed by atoms with van der Waals surface area (Å²) in [5.74, 6) is -0.0371. The second kappa shape index (κ2) is 7.09. The number of hydrogen-bond donors (Lipinski definition) is 2. The molecular weight excluding hydrogens is 318 g/mol. The summed E-state index contributed by atoms with van der Waals surface area (Å²) in [5.41, 5.74) is 7.51. The fourth-order valence-corrected chi connectivity index (χ4v) is 2.44. The number of benzene rings is 2. The Balaban J connectivity index is 1.64. The maximum absolute atomic E-state index is 12.2. The third-order valence-corrected chi connectivity index (χ3v) is 3.84. The molecule has 25 heavy (non-hydrogen) atoms. The van der Waals surface area contributed by atoms with E-state index in [4.69, 9.17) is 4.74 Å². The van der Waals surface area contributed by atoms with E-state index >= 15 is 0 Å². The van der Waals surface area contributed by atoms with Crippen LogP contribution in [0.1, 0.15) is 15.9 Å². The number of hydrogen-bond acceptors (Lipinski definition) is 4. The standard InChI is InChI=1S/C19H19N3O3/c1-22(2)16-8-5-7-14(11-16)18(23)20-21-19(24)15-10-13-6-3-4-9-17(13)25-12-15/h3-11H,12H2,1-2H3,(H,20,23)(H,21,24). The van der Waals surface area contributed by atoms with Gasteiger partial charge in [0.15, 0.2) is 0 Å². The first-order valence-corrected chi connectivity index (χ1v) is 7.85. The van der Waals surface area contributed by atoms with E-state index in [1.165, 1.54) is 0 Å². The Morgan fingerprint density at radius 2 is 1.76 bits per heavy atom. The van der Waals surface area contributed by atoms with E-state index in [-0.39, 0.29) is 12.5 Å². The Hall–Kier alpha value is -3.28. The fourth-order valence-electron chi connectivity index (χ4n) is 2.44. The number of carbonyl (C=O) groups is 2. The molecule has 0 aliphatic carbocycles. The van der Waals surface area contributed by atoms with Gasteiger partial charge in [0.2, 0.25) is 0 Å². The number of fused-ring (bicyclic) bond motifs is 1. The van der Waals surface area contributed by atoms with Crippen molar-refractivity contribution in [2.24, 2.45) is 0 Å². The molecule has 6 heteroatoms. The summed E-state index contributed by atoms with van der Waals surface area (Å²) in [6.45, 7) is 0.162. The minimum Gasteiger partial charge on any atom is -0.488 e. The van der Waals surface area contributed by atoms with Crippen molar-refractivity contribution in [3.8, 4) is 5.75 Å². The molecule has 2 aromatic rings. The Morgan fingerprint density at radius 3 is 2.56 bits per heavy atom. The Morgan fingerprint density at radius 1 is 1.00 bits per heavy atom.